The largest absolute Gasteiger partial charge is 0.466 e. The summed E-state index contributed by atoms with van der Waals surface area (Å²) in [5, 5.41) is 9.99. The van der Waals surface area contributed by atoms with E-state index in [1.807, 2.05) is 19.1 Å². The average Bonchev–Trinajstić information content (AvgIpc) is 2.26. The van der Waals surface area contributed by atoms with Crippen LogP contribution in [0, 0.1) is 0 Å². The molecule has 0 aliphatic heterocycles. The Morgan fingerprint density at radius 2 is 1.89 bits per heavy atom. The molecule has 1 N–H and O–H groups in total. The summed E-state index contributed by atoms with van der Waals surface area (Å²) in [6.45, 7) is 10.2. The summed E-state index contributed by atoms with van der Waals surface area (Å²) in [7, 11) is -0.134. The molecule has 0 aromatic heterocycles. The average molecular weight is 270 g/mol. The molecule has 0 rings (SSSR count). The van der Waals surface area contributed by atoms with Gasteiger partial charge in [0, 0.05) is 5.57 Å². The van der Waals surface area contributed by atoms with Gasteiger partial charge in [-0.25, -0.2) is 4.79 Å². The van der Waals surface area contributed by atoms with Crippen molar-refractivity contribution in [1.82, 2.24) is 0 Å². The molecule has 18 heavy (non-hydrogen) atoms. The van der Waals surface area contributed by atoms with Gasteiger partial charge in [0.25, 0.3) is 0 Å². The SMILES string of the molecule is COC(=O)/C(C)=C/CC/C(C)=C/[C@H](O)[Si](C)(C)C. The molecular weight excluding hydrogens is 244 g/mol. The van der Waals surface area contributed by atoms with Gasteiger partial charge in [0.15, 0.2) is 0 Å². The zero-order chi connectivity index (χ0) is 14.3. The van der Waals surface area contributed by atoms with Gasteiger partial charge in [-0.15, -0.1) is 0 Å². The number of carbonyl (C=O) groups is 1. The lowest BCUT2D eigenvalue weighted by Crippen LogP contribution is -2.36. The molecule has 0 radical (unpaired) electrons. The lowest BCUT2D eigenvalue weighted by Gasteiger charge is -2.21. The van der Waals surface area contributed by atoms with E-state index in [0.717, 1.165) is 12.8 Å². The number of allylic oxidation sites excluding steroid dienone is 2. The zero-order valence-corrected chi connectivity index (χ0v) is 13.4. The highest BCUT2D eigenvalue weighted by Gasteiger charge is 2.22. The maximum absolute atomic E-state index is 11.2. The predicted molar refractivity (Wildman–Crippen MR) is 78.1 cm³/mol. The normalized spacial score (nSPS) is 15.5. The van der Waals surface area contributed by atoms with Crippen LogP contribution >= 0.6 is 0 Å². The highest BCUT2D eigenvalue weighted by atomic mass is 28.3. The van der Waals surface area contributed by atoms with Crippen LogP contribution in [0.15, 0.2) is 23.3 Å². The number of aliphatic hydroxyl groups excluding tert-OH is 1. The Hall–Kier alpha value is -0.873. The molecule has 0 aliphatic rings. The highest BCUT2D eigenvalue weighted by Crippen LogP contribution is 2.14. The molecule has 3 nitrogen and oxygen atoms in total. The van der Waals surface area contributed by atoms with Crippen LogP contribution in [0.4, 0.5) is 0 Å². The van der Waals surface area contributed by atoms with E-state index in [9.17, 15) is 9.90 Å². The molecule has 0 aromatic rings. The van der Waals surface area contributed by atoms with Crippen LogP contribution in [-0.4, -0.2) is 32.0 Å². The summed E-state index contributed by atoms with van der Waals surface area (Å²) < 4.78 is 4.62. The first kappa shape index (κ1) is 17.1. The van der Waals surface area contributed by atoms with Crippen LogP contribution in [0.25, 0.3) is 0 Å². The molecule has 0 saturated heterocycles. The standard InChI is InChI=1S/C14H26O3Si/c1-11(10-13(15)18(4,5)6)8-7-9-12(2)14(16)17-3/h9-10,13,15H,7-8H2,1-6H3/b11-10+,12-9+/t13-/m1/s1. The van der Waals surface area contributed by atoms with Crippen molar-refractivity contribution in [2.75, 3.05) is 7.11 Å². The van der Waals surface area contributed by atoms with Crippen LogP contribution in [-0.2, 0) is 9.53 Å². The second kappa shape index (κ2) is 7.54. The minimum atomic E-state index is -1.52. The smallest absolute Gasteiger partial charge is 0.333 e. The summed E-state index contributed by atoms with van der Waals surface area (Å²) in [6.07, 6.45) is 5.48. The Morgan fingerprint density at radius 1 is 1.33 bits per heavy atom. The van der Waals surface area contributed by atoms with Gasteiger partial charge >= 0.3 is 5.97 Å². The molecule has 0 amide bonds. The molecular formula is C14H26O3Si. The number of hydrogen-bond donors (Lipinski definition) is 1. The second-order valence-electron chi connectivity index (χ2n) is 5.74. The topological polar surface area (TPSA) is 46.5 Å². The molecule has 0 fully saturated rings. The monoisotopic (exact) mass is 270 g/mol. The number of esters is 1. The molecule has 1 atom stereocenters. The summed E-state index contributed by atoms with van der Waals surface area (Å²) in [4.78, 5) is 11.2. The first-order chi connectivity index (χ1) is 8.18. The Labute approximate surface area is 112 Å². The van der Waals surface area contributed by atoms with Gasteiger partial charge in [-0.05, 0) is 26.7 Å². The molecule has 4 heteroatoms. The van der Waals surface area contributed by atoms with Crippen molar-refractivity contribution in [2.45, 2.75) is 52.1 Å². The van der Waals surface area contributed by atoms with Crippen molar-refractivity contribution in [2.24, 2.45) is 0 Å². The quantitative estimate of drug-likeness (QED) is 0.349. The number of hydrogen-bond acceptors (Lipinski definition) is 3. The Kier molecular flexibility index (Phi) is 7.17. The Balaban J connectivity index is 4.31. The number of rotatable bonds is 6. The summed E-state index contributed by atoms with van der Waals surface area (Å²) in [5.41, 5.74) is 1.50. The van der Waals surface area contributed by atoms with Crippen LogP contribution in [0.3, 0.4) is 0 Å². The van der Waals surface area contributed by atoms with Gasteiger partial charge in [0.1, 0.15) is 0 Å². The first-order valence-electron chi connectivity index (χ1n) is 6.29. The van der Waals surface area contributed by atoms with E-state index in [4.69, 9.17) is 0 Å². The van der Waals surface area contributed by atoms with Gasteiger partial charge in [0.2, 0.25) is 0 Å². The fourth-order valence-corrected chi connectivity index (χ4v) is 2.15. The molecule has 104 valence electrons. The maximum atomic E-state index is 11.2. The van der Waals surface area contributed by atoms with Crippen molar-refractivity contribution < 1.29 is 14.6 Å². The van der Waals surface area contributed by atoms with E-state index in [0.29, 0.717) is 5.57 Å². The minimum absolute atomic E-state index is 0.279. The number of aliphatic hydroxyl groups is 1. The van der Waals surface area contributed by atoms with Crippen molar-refractivity contribution in [3.05, 3.63) is 23.3 Å². The lowest BCUT2D eigenvalue weighted by molar-refractivity contribution is -0.136. The lowest BCUT2D eigenvalue weighted by atomic mass is 10.1. The Bertz CT molecular complexity index is 337. The van der Waals surface area contributed by atoms with Gasteiger partial charge in [-0.1, -0.05) is 37.4 Å². The van der Waals surface area contributed by atoms with Crippen LogP contribution < -0.4 is 0 Å². The van der Waals surface area contributed by atoms with E-state index >= 15 is 0 Å². The minimum Gasteiger partial charge on any atom is -0.466 e. The second-order valence-corrected chi connectivity index (χ2v) is 11.1. The van der Waals surface area contributed by atoms with Crippen molar-refractivity contribution >= 4 is 14.0 Å². The predicted octanol–water partition coefficient (Wildman–Crippen LogP) is 3.07. The van der Waals surface area contributed by atoms with Crippen LogP contribution in [0.5, 0.6) is 0 Å². The fraction of sp³-hybridized carbons (Fsp3) is 0.643. The number of methoxy groups -OCH3 is 1. The van der Waals surface area contributed by atoms with E-state index in [1.165, 1.54) is 12.7 Å². The van der Waals surface area contributed by atoms with Crippen molar-refractivity contribution in [1.29, 1.82) is 0 Å². The van der Waals surface area contributed by atoms with E-state index < -0.39 is 8.07 Å². The van der Waals surface area contributed by atoms with Crippen molar-refractivity contribution in [3.8, 4) is 0 Å². The van der Waals surface area contributed by atoms with E-state index in [1.54, 1.807) is 6.92 Å². The molecule has 0 spiro atoms. The third-order valence-electron chi connectivity index (χ3n) is 2.83. The Morgan fingerprint density at radius 3 is 2.33 bits per heavy atom. The zero-order valence-electron chi connectivity index (χ0n) is 12.4. The van der Waals surface area contributed by atoms with E-state index in [2.05, 4.69) is 24.4 Å². The van der Waals surface area contributed by atoms with Gasteiger partial charge < -0.3 is 9.84 Å². The van der Waals surface area contributed by atoms with Gasteiger partial charge in [0.05, 0.1) is 20.9 Å². The molecule has 0 unspecified atom stereocenters. The van der Waals surface area contributed by atoms with Crippen molar-refractivity contribution in [3.63, 3.8) is 0 Å². The molecule has 0 heterocycles. The number of ether oxygens (including phenoxy) is 1. The fourth-order valence-electron chi connectivity index (χ4n) is 1.36. The van der Waals surface area contributed by atoms with Crippen LogP contribution in [0.1, 0.15) is 26.7 Å². The third kappa shape index (κ3) is 6.76. The molecule has 0 aromatic carbocycles. The third-order valence-corrected chi connectivity index (χ3v) is 4.77. The van der Waals surface area contributed by atoms with Gasteiger partial charge in [-0.3, -0.25) is 0 Å². The van der Waals surface area contributed by atoms with Crippen LogP contribution in [0.2, 0.25) is 19.6 Å². The maximum Gasteiger partial charge on any atom is 0.333 e. The summed E-state index contributed by atoms with van der Waals surface area (Å²) in [5.74, 6) is -0.279. The molecule has 0 aliphatic carbocycles. The summed E-state index contributed by atoms with van der Waals surface area (Å²) in [6, 6.07) is 0. The van der Waals surface area contributed by atoms with E-state index in [-0.39, 0.29) is 11.7 Å². The first-order valence-corrected chi connectivity index (χ1v) is 9.86. The molecule has 0 saturated carbocycles. The van der Waals surface area contributed by atoms with Gasteiger partial charge in [-0.2, -0.15) is 0 Å². The number of carbonyl (C=O) groups excluding carboxylic acids is 1. The summed E-state index contributed by atoms with van der Waals surface area (Å²) >= 11 is 0. The highest BCUT2D eigenvalue weighted by molar-refractivity contribution is 6.77. The molecule has 0 bridgehead atoms.